The molecule has 20 heavy (non-hydrogen) atoms. The molecule has 1 fully saturated rings. The molecule has 1 saturated heterocycles. The van der Waals surface area contributed by atoms with Gasteiger partial charge in [0.25, 0.3) is 0 Å². The lowest BCUT2D eigenvalue weighted by atomic mass is 10.3. The lowest BCUT2D eigenvalue weighted by molar-refractivity contribution is -0.0934. The van der Waals surface area contributed by atoms with Gasteiger partial charge in [-0.1, -0.05) is 17.7 Å². The molecule has 1 aliphatic rings. The number of ether oxygens (including phenoxy) is 2. The molecular weight excluding hydrogens is 299 g/mol. The molecule has 2 unspecified atom stereocenters. The zero-order chi connectivity index (χ0) is 14.1. The molecule has 1 aromatic carbocycles. The first-order valence-electron chi connectivity index (χ1n) is 6.65. The maximum absolute atomic E-state index is 6.32. The minimum absolute atomic E-state index is 0.00610. The summed E-state index contributed by atoms with van der Waals surface area (Å²) in [5.41, 5.74) is 1.77. The number of alkyl halides is 1. The third kappa shape index (κ3) is 2.66. The number of fused-ring (bicyclic) bond motifs is 1. The molecule has 2 aromatic rings. The summed E-state index contributed by atoms with van der Waals surface area (Å²) in [5, 5.41) is 0.485. The number of imidazole rings is 1. The molecule has 0 radical (unpaired) electrons. The van der Waals surface area contributed by atoms with Gasteiger partial charge in [0.05, 0.1) is 53.9 Å². The highest BCUT2D eigenvalue weighted by atomic mass is 35.5. The molecule has 0 N–H and O–H groups in total. The van der Waals surface area contributed by atoms with E-state index in [-0.39, 0.29) is 11.5 Å². The van der Waals surface area contributed by atoms with Crippen LogP contribution in [0.15, 0.2) is 18.2 Å². The molecule has 3 rings (SSSR count). The lowest BCUT2D eigenvalue weighted by Gasteiger charge is -2.24. The van der Waals surface area contributed by atoms with Crippen molar-refractivity contribution in [1.82, 2.24) is 9.55 Å². The molecule has 4 nitrogen and oxygen atoms in total. The van der Waals surface area contributed by atoms with Crippen molar-refractivity contribution in [3.63, 3.8) is 0 Å². The molecule has 0 saturated carbocycles. The van der Waals surface area contributed by atoms with Crippen LogP contribution in [0.2, 0.25) is 5.02 Å². The highest BCUT2D eigenvalue weighted by molar-refractivity contribution is 6.35. The van der Waals surface area contributed by atoms with Gasteiger partial charge in [0.15, 0.2) is 0 Å². The Morgan fingerprint density at radius 1 is 1.45 bits per heavy atom. The van der Waals surface area contributed by atoms with Crippen LogP contribution in [0, 0.1) is 0 Å². The van der Waals surface area contributed by atoms with Gasteiger partial charge in [-0.3, -0.25) is 0 Å². The Bertz CT molecular complexity index is 606. The SMILES string of the molecule is CC(Cl)c1nc2cccc(Cl)c2n1CC1COCCO1. The number of aromatic nitrogens is 2. The molecule has 0 spiro atoms. The van der Waals surface area contributed by atoms with Gasteiger partial charge in [-0.2, -0.15) is 0 Å². The minimum atomic E-state index is -0.192. The van der Waals surface area contributed by atoms with Crippen molar-refractivity contribution in [2.45, 2.75) is 24.9 Å². The Morgan fingerprint density at radius 2 is 2.30 bits per heavy atom. The Labute approximate surface area is 127 Å². The average molecular weight is 315 g/mol. The van der Waals surface area contributed by atoms with E-state index in [0.29, 0.717) is 31.4 Å². The first-order valence-corrected chi connectivity index (χ1v) is 7.46. The Balaban J connectivity index is 2.03. The van der Waals surface area contributed by atoms with E-state index in [0.717, 1.165) is 16.9 Å². The van der Waals surface area contributed by atoms with Crippen molar-refractivity contribution in [3.8, 4) is 0 Å². The van der Waals surface area contributed by atoms with Gasteiger partial charge in [0.2, 0.25) is 0 Å². The van der Waals surface area contributed by atoms with Crippen LogP contribution < -0.4 is 0 Å². The zero-order valence-electron chi connectivity index (χ0n) is 11.2. The molecule has 6 heteroatoms. The number of rotatable bonds is 3. The zero-order valence-corrected chi connectivity index (χ0v) is 12.7. The van der Waals surface area contributed by atoms with Crippen molar-refractivity contribution in [2.75, 3.05) is 19.8 Å². The molecule has 0 amide bonds. The largest absolute Gasteiger partial charge is 0.376 e. The molecule has 108 valence electrons. The Kier molecular flexibility index (Phi) is 4.17. The number of nitrogens with zero attached hydrogens (tertiary/aromatic N) is 2. The lowest BCUT2D eigenvalue weighted by Crippen LogP contribution is -2.32. The third-order valence-electron chi connectivity index (χ3n) is 3.37. The summed E-state index contributed by atoms with van der Waals surface area (Å²) in [4.78, 5) is 4.59. The van der Waals surface area contributed by atoms with Crippen LogP contribution >= 0.6 is 23.2 Å². The normalized spacial score (nSPS) is 21.2. The third-order valence-corrected chi connectivity index (χ3v) is 3.87. The van der Waals surface area contributed by atoms with E-state index in [1.807, 2.05) is 25.1 Å². The van der Waals surface area contributed by atoms with Gasteiger partial charge in [0.1, 0.15) is 5.82 Å². The highest BCUT2D eigenvalue weighted by Gasteiger charge is 2.22. The van der Waals surface area contributed by atoms with Crippen molar-refractivity contribution in [3.05, 3.63) is 29.0 Å². The topological polar surface area (TPSA) is 36.3 Å². The number of hydrogen-bond donors (Lipinski definition) is 0. The van der Waals surface area contributed by atoms with E-state index >= 15 is 0 Å². The van der Waals surface area contributed by atoms with Gasteiger partial charge < -0.3 is 14.0 Å². The first kappa shape index (κ1) is 14.1. The molecule has 1 aliphatic heterocycles. The van der Waals surface area contributed by atoms with Gasteiger partial charge in [0, 0.05) is 0 Å². The summed E-state index contributed by atoms with van der Waals surface area (Å²) in [6, 6.07) is 5.70. The van der Waals surface area contributed by atoms with E-state index in [1.165, 1.54) is 0 Å². The number of hydrogen-bond acceptors (Lipinski definition) is 3. The monoisotopic (exact) mass is 314 g/mol. The summed E-state index contributed by atoms with van der Waals surface area (Å²) in [6.45, 7) is 4.41. The van der Waals surface area contributed by atoms with Gasteiger partial charge in [-0.25, -0.2) is 4.98 Å². The molecule has 2 heterocycles. The van der Waals surface area contributed by atoms with Crippen LogP contribution in [0.25, 0.3) is 11.0 Å². The summed E-state index contributed by atoms with van der Waals surface area (Å²) >= 11 is 12.6. The quantitative estimate of drug-likeness (QED) is 0.815. The molecular formula is C14H16Cl2N2O2. The minimum Gasteiger partial charge on any atom is -0.376 e. The second kappa shape index (κ2) is 5.90. The van der Waals surface area contributed by atoms with E-state index < -0.39 is 0 Å². The number of benzene rings is 1. The summed E-state index contributed by atoms with van der Waals surface area (Å²) in [6.07, 6.45) is 0.00610. The van der Waals surface area contributed by atoms with Crippen LogP contribution in [0.1, 0.15) is 18.1 Å². The molecule has 2 atom stereocenters. The summed E-state index contributed by atoms with van der Waals surface area (Å²) < 4.78 is 13.2. The maximum atomic E-state index is 6.32. The second-order valence-corrected chi connectivity index (χ2v) is 5.93. The van der Waals surface area contributed by atoms with E-state index in [1.54, 1.807) is 0 Å². The molecule has 0 aliphatic carbocycles. The fourth-order valence-electron chi connectivity index (χ4n) is 2.49. The fraction of sp³-hybridized carbons (Fsp3) is 0.500. The van der Waals surface area contributed by atoms with E-state index in [2.05, 4.69) is 9.55 Å². The number of halogens is 2. The molecule has 0 bridgehead atoms. The van der Waals surface area contributed by atoms with Gasteiger partial charge in [-0.05, 0) is 19.1 Å². The van der Waals surface area contributed by atoms with Crippen LogP contribution in [-0.2, 0) is 16.0 Å². The van der Waals surface area contributed by atoms with Crippen molar-refractivity contribution in [2.24, 2.45) is 0 Å². The number of para-hydroxylation sites is 1. The smallest absolute Gasteiger partial charge is 0.127 e. The van der Waals surface area contributed by atoms with Crippen LogP contribution in [0.3, 0.4) is 0 Å². The highest BCUT2D eigenvalue weighted by Crippen LogP contribution is 2.29. The first-order chi connectivity index (χ1) is 9.66. The second-order valence-electron chi connectivity index (χ2n) is 4.87. The van der Waals surface area contributed by atoms with Crippen molar-refractivity contribution < 1.29 is 9.47 Å². The standard InChI is InChI=1S/C14H16Cl2N2O2/c1-9(15)14-17-12-4-2-3-11(16)13(12)18(14)7-10-8-19-5-6-20-10/h2-4,9-10H,5-8H2,1H3. The Hall–Kier alpha value is -0.810. The fourth-order valence-corrected chi connectivity index (χ4v) is 2.93. The van der Waals surface area contributed by atoms with Crippen LogP contribution in [0.5, 0.6) is 0 Å². The van der Waals surface area contributed by atoms with Crippen LogP contribution in [-0.4, -0.2) is 35.5 Å². The van der Waals surface area contributed by atoms with Crippen molar-refractivity contribution >= 4 is 34.2 Å². The average Bonchev–Trinajstić information content (AvgIpc) is 2.80. The summed E-state index contributed by atoms with van der Waals surface area (Å²) in [5.74, 6) is 0.809. The summed E-state index contributed by atoms with van der Waals surface area (Å²) in [7, 11) is 0. The Morgan fingerprint density at radius 3 is 3.00 bits per heavy atom. The van der Waals surface area contributed by atoms with E-state index in [9.17, 15) is 0 Å². The van der Waals surface area contributed by atoms with Crippen LogP contribution in [0.4, 0.5) is 0 Å². The van der Waals surface area contributed by atoms with Gasteiger partial charge >= 0.3 is 0 Å². The predicted octanol–water partition coefficient (Wildman–Crippen LogP) is 3.40. The van der Waals surface area contributed by atoms with Crippen molar-refractivity contribution in [1.29, 1.82) is 0 Å². The molecule has 1 aromatic heterocycles. The predicted molar refractivity (Wildman–Crippen MR) is 79.6 cm³/mol. The van der Waals surface area contributed by atoms with Gasteiger partial charge in [-0.15, -0.1) is 11.6 Å². The maximum Gasteiger partial charge on any atom is 0.127 e. The van der Waals surface area contributed by atoms with E-state index in [4.69, 9.17) is 32.7 Å².